The molecule has 1 amide bonds. The molecule has 0 bridgehead atoms. The van der Waals surface area contributed by atoms with Crippen LogP contribution in [-0.4, -0.2) is 38.6 Å². The van der Waals surface area contributed by atoms with Gasteiger partial charge in [-0.1, -0.05) is 18.2 Å². The first kappa shape index (κ1) is 22.9. The predicted molar refractivity (Wildman–Crippen MR) is 132 cm³/mol. The summed E-state index contributed by atoms with van der Waals surface area (Å²) < 4.78 is 11.2. The van der Waals surface area contributed by atoms with Gasteiger partial charge in [-0.2, -0.15) is 0 Å². The number of benzene rings is 3. The number of fused-ring (bicyclic) bond motifs is 1. The Kier molecular flexibility index (Phi) is 7.30. The molecule has 172 valence electrons. The molecule has 0 saturated carbocycles. The molecule has 1 atom stereocenters. The third-order valence-electron chi connectivity index (χ3n) is 6.10. The summed E-state index contributed by atoms with van der Waals surface area (Å²) >= 11 is 0. The van der Waals surface area contributed by atoms with E-state index in [0.29, 0.717) is 12.2 Å². The van der Waals surface area contributed by atoms with Crippen molar-refractivity contribution in [3.63, 3.8) is 0 Å². The molecule has 0 spiro atoms. The van der Waals surface area contributed by atoms with E-state index in [1.54, 1.807) is 31.4 Å². The van der Waals surface area contributed by atoms with Gasteiger partial charge in [0.2, 0.25) is 0 Å². The van der Waals surface area contributed by atoms with Crippen LogP contribution in [0.1, 0.15) is 33.5 Å². The number of hydrogen-bond acceptors (Lipinski definition) is 4. The highest BCUT2D eigenvalue weighted by Crippen LogP contribution is 2.29. The Morgan fingerprint density at radius 1 is 0.970 bits per heavy atom. The van der Waals surface area contributed by atoms with E-state index >= 15 is 0 Å². The normalized spacial score (nSPS) is 15.1. The number of anilines is 1. The highest BCUT2D eigenvalue weighted by molar-refractivity contribution is 6.04. The van der Waals surface area contributed by atoms with Crippen molar-refractivity contribution in [2.45, 2.75) is 25.9 Å². The van der Waals surface area contributed by atoms with Crippen LogP contribution in [0, 0.1) is 5.92 Å². The van der Waals surface area contributed by atoms with Crippen LogP contribution in [0.5, 0.6) is 11.5 Å². The summed E-state index contributed by atoms with van der Waals surface area (Å²) in [5.41, 5.74) is 5.27. The molecule has 4 rings (SSSR count). The molecular formula is C28H32N2O3. The molecule has 0 saturated heterocycles. The summed E-state index contributed by atoms with van der Waals surface area (Å²) in [6.45, 7) is 1.64. The van der Waals surface area contributed by atoms with Gasteiger partial charge in [-0.05, 0) is 104 Å². The van der Waals surface area contributed by atoms with E-state index in [0.717, 1.165) is 48.1 Å². The zero-order valence-corrected chi connectivity index (χ0v) is 19.6. The maximum atomic E-state index is 12.4. The van der Waals surface area contributed by atoms with Gasteiger partial charge in [0.25, 0.3) is 5.91 Å². The topological polar surface area (TPSA) is 50.8 Å². The van der Waals surface area contributed by atoms with Crippen molar-refractivity contribution in [2.75, 3.05) is 33.1 Å². The Balaban J connectivity index is 1.30. The van der Waals surface area contributed by atoms with Crippen LogP contribution in [0.4, 0.5) is 5.69 Å². The van der Waals surface area contributed by atoms with Gasteiger partial charge in [0.15, 0.2) is 0 Å². The average Bonchev–Trinajstić information content (AvgIpc) is 2.83. The third kappa shape index (κ3) is 6.14. The number of carbonyl (C=O) groups is 1. The molecule has 5 heteroatoms. The predicted octanol–water partition coefficient (Wildman–Crippen LogP) is 5.19. The lowest BCUT2D eigenvalue weighted by Gasteiger charge is -2.27. The molecule has 1 aliphatic carbocycles. The van der Waals surface area contributed by atoms with Crippen LogP contribution >= 0.6 is 0 Å². The van der Waals surface area contributed by atoms with Gasteiger partial charge < -0.3 is 19.7 Å². The Labute approximate surface area is 196 Å². The minimum atomic E-state index is -0.150. The van der Waals surface area contributed by atoms with Gasteiger partial charge in [0.05, 0.1) is 7.11 Å². The van der Waals surface area contributed by atoms with Crippen LogP contribution in [0.25, 0.3) is 0 Å². The molecule has 0 aliphatic heterocycles. The first-order valence-corrected chi connectivity index (χ1v) is 11.4. The molecule has 1 N–H and O–H groups in total. The molecule has 3 aromatic rings. The van der Waals surface area contributed by atoms with Crippen molar-refractivity contribution in [2.24, 2.45) is 5.92 Å². The highest BCUT2D eigenvalue weighted by atomic mass is 16.5. The average molecular weight is 445 g/mol. The van der Waals surface area contributed by atoms with Gasteiger partial charge >= 0.3 is 0 Å². The monoisotopic (exact) mass is 444 g/mol. The van der Waals surface area contributed by atoms with Crippen molar-refractivity contribution in [1.29, 1.82) is 0 Å². The molecule has 0 aromatic heterocycles. The Morgan fingerprint density at radius 2 is 1.70 bits per heavy atom. The van der Waals surface area contributed by atoms with Crippen LogP contribution in [0.2, 0.25) is 0 Å². The Morgan fingerprint density at radius 3 is 2.39 bits per heavy atom. The number of hydrogen-bond donors (Lipinski definition) is 1. The molecule has 3 aromatic carbocycles. The lowest BCUT2D eigenvalue weighted by atomic mass is 9.83. The number of methoxy groups -OCH3 is 1. The van der Waals surface area contributed by atoms with Gasteiger partial charge in [-0.3, -0.25) is 4.79 Å². The Hall–Kier alpha value is -3.31. The van der Waals surface area contributed by atoms with Crippen molar-refractivity contribution in [3.05, 3.63) is 89.0 Å². The van der Waals surface area contributed by atoms with Crippen molar-refractivity contribution >= 4 is 11.6 Å². The number of amides is 1. The highest BCUT2D eigenvalue weighted by Gasteiger charge is 2.19. The zero-order valence-electron chi connectivity index (χ0n) is 19.6. The molecule has 33 heavy (non-hydrogen) atoms. The lowest BCUT2D eigenvalue weighted by Crippen LogP contribution is -2.26. The molecule has 5 nitrogen and oxygen atoms in total. The van der Waals surface area contributed by atoms with Gasteiger partial charge in [0, 0.05) is 17.8 Å². The van der Waals surface area contributed by atoms with E-state index in [-0.39, 0.29) is 5.91 Å². The zero-order chi connectivity index (χ0) is 23.2. The number of aryl methyl sites for hydroxylation is 1. The van der Waals surface area contributed by atoms with E-state index in [4.69, 9.17) is 9.47 Å². The number of nitrogens with zero attached hydrogens (tertiary/aromatic N) is 1. The summed E-state index contributed by atoms with van der Waals surface area (Å²) in [7, 11) is 5.90. The second kappa shape index (κ2) is 10.5. The van der Waals surface area contributed by atoms with Crippen molar-refractivity contribution < 1.29 is 14.3 Å². The Bertz CT molecular complexity index is 1080. The van der Waals surface area contributed by atoms with Crippen LogP contribution in [-0.2, 0) is 19.4 Å². The molecule has 1 unspecified atom stereocenters. The largest absolute Gasteiger partial charge is 0.497 e. The third-order valence-corrected chi connectivity index (χ3v) is 6.10. The summed E-state index contributed by atoms with van der Waals surface area (Å²) in [4.78, 5) is 14.7. The number of carbonyl (C=O) groups excluding carboxylic acids is 1. The molecule has 1 aliphatic rings. The van der Waals surface area contributed by atoms with E-state index in [1.807, 2.05) is 24.3 Å². The van der Waals surface area contributed by atoms with E-state index in [2.05, 4.69) is 42.5 Å². The second-order valence-corrected chi connectivity index (χ2v) is 8.97. The first-order chi connectivity index (χ1) is 16.0. The smallest absolute Gasteiger partial charge is 0.255 e. The molecular weight excluding hydrogens is 412 g/mol. The summed E-state index contributed by atoms with van der Waals surface area (Å²) in [6, 6.07) is 21.3. The number of rotatable bonds is 8. The fraction of sp³-hybridized carbons (Fsp3) is 0.321. The van der Waals surface area contributed by atoms with E-state index in [1.165, 1.54) is 17.5 Å². The quantitative estimate of drug-likeness (QED) is 0.519. The van der Waals surface area contributed by atoms with Gasteiger partial charge in [-0.25, -0.2) is 0 Å². The minimum absolute atomic E-state index is 0.150. The SMILES string of the molecule is COc1ccc(C(=O)Nc2ccc(COc3ccc4c(c3)CCC(CN(C)C)C4)cc2)cc1. The number of nitrogens with one attached hydrogen (secondary N) is 1. The second-order valence-electron chi connectivity index (χ2n) is 8.97. The standard InChI is InChI=1S/C28H32N2O3/c1-30(2)18-21-4-7-24-17-27(15-10-23(24)16-21)33-19-20-5-11-25(12-6-20)29-28(31)22-8-13-26(32-3)14-9-22/h5-6,8-15,17,21H,4,7,16,18-19H2,1-3H3,(H,29,31). The van der Waals surface area contributed by atoms with E-state index in [9.17, 15) is 4.79 Å². The van der Waals surface area contributed by atoms with Crippen LogP contribution in [0.3, 0.4) is 0 Å². The van der Waals surface area contributed by atoms with Gasteiger partial charge in [-0.15, -0.1) is 0 Å². The summed E-state index contributed by atoms with van der Waals surface area (Å²) in [5.74, 6) is 2.23. The fourth-order valence-corrected chi connectivity index (χ4v) is 4.37. The number of ether oxygens (including phenoxy) is 2. The molecule has 0 radical (unpaired) electrons. The van der Waals surface area contributed by atoms with Crippen LogP contribution < -0.4 is 14.8 Å². The maximum absolute atomic E-state index is 12.4. The van der Waals surface area contributed by atoms with Crippen LogP contribution in [0.15, 0.2) is 66.7 Å². The summed E-state index contributed by atoms with van der Waals surface area (Å²) in [6.07, 6.45) is 3.50. The maximum Gasteiger partial charge on any atom is 0.255 e. The lowest BCUT2D eigenvalue weighted by molar-refractivity contribution is 0.102. The molecule has 0 heterocycles. The van der Waals surface area contributed by atoms with E-state index < -0.39 is 0 Å². The van der Waals surface area contributed by atoms with Crippen molar-refractivity contribution in [1.82, 2.24) is 4.90 Å². The summed E-state index contributed by atoms with van der Waals surface area (Å²) in [5, 5.41) is 2.92. The minimum Gasteiger partial charge on any atom is -0.497 e. The van der Waals surface area contributed by atoms with Crippen molar-refractivity contribution in [3.8, 4) is 11.5 Å². The first-order valence-electron chi connectivity index (χ1n) is 11.4. The fourth-order valence-electron chi connectivity index (χ4n) is 4.37. The van der Waals surface area contributed by atoms with Gasteiger partial charge in [0.1, 0.15) is 18.1 Å². The molecule has 0 fully saturated rings.